The highest BCUT2D eigenvalue weighted by atomic mass is 16.5. The Hall–Kier alpha value is -2.04. The third kappa shape index (κ3) is 5.30. The number of carbonyl (C=O) groups excluding carboxylic acids is 2. The third-order valence-corrected chi connectivity index (χ3v) is 2.69. The molecule has 1 aromatic rings. The van der Waals surface area contributed by atoms with Crippen LogP contribution < -0.4 is 15.6 Å². The van der Waals surface area contributed by atoms with E-state index < -0.39 is 0 Å². The van der Waals surface area contributed by atoms with Gasteiger partial charge in [0.15, 0.2) is 6.61 Å². The van der Waals surface area contributed by atoms with Crippen LogP contribution in [0.25, 0.3) is 0 Å². The summed E-state index contributed by atoms with van der Waals surface area (Å²) in [5.74, 6) is 0.360. The first kappa shape index (κ1) is 16.0. The van der Waals surface area contributed by atoms with Crippen molar-refractivity contribution in [2.24, 2.45) is 5.92 Å². The highest BCUT2D eigenvalue weighted by Gasteiger charge is 2.09. The molecule has 0 heterocycles. The first-order chi connectivity index (χ1) is 9.40. The van der Waals surface area contributed by atoms with E-state index in [1.807, 2.05) is 45.9 Å². The van der Waals surface area contributed by atoms with E-state index >= 15 is 0 Å². The van der Waals surface area contributed by atoms with Crippen molar-refractivity contribution in [1.82, 2.24) is 10.9 Å². The van der Waals surface area contributed by atoms with Crippen LogP contribution in [0.5, 0.6) is 5.75 Å². The Balaban J connectivity index is 2.39. The Morgan fingerprint density at radius 1 is 1.10 bits per heavy atom. The Bertz CT molecular complexity index is 464. The van der Waals surface area contributed by atoms with Crippen LogP contribution in [0.1, 0.15) is 31.4 Å². The van der Waals surface area contributed by atoms with Gasteiger partial charge in [-0.3, -0.25) is 20.4 Å². The number of hydrogen-bond donors (Lipinski definition) is 2. The summed E-state index contributed by atoms with van der Waals surface area (Å²) >= 11 is 0. The predicted molar refractivity (Wildman–Crippen MR) is 77.2 cm³/mol. The van der Waals surface area contributed by atoms with E-state index in [0.717, 1.165) is 11.1 Å². The van der Waals surface area contributed by atoms with Crippen LogP contribution in [0.4, 0.5) is 0 Å². The van der Waals surface area contributed by atoms with E-state index in [4.69, 9.17) is 4.74 Å². The molecule has 20 heavy (non-hydrogen) atoms. The largest absolute Gasteiger partial charge is 0.483 e. The molecule has 0 aromatic heterocycles. The summed E-state index contributed by atoms with van der Waals surface area (Å²) in [5, 5.41) is 0. The van der Waals surface area contributed by atoms with E-state index in [0.29, 0.717) is 12.2 Å². The molecule has 0 unspecified atom stereocenters. The molecule has 0 atom stereocenters. The van der Waals surface area contributed by atoms with Crippen LogP contribution in [-0.4, -0.2) is 18.4 Å². The Kier molecular flexibility index (Phi) is 6.03. The zero-order valence-corrected chi connectivity index (χ0v) is 12.4. The van der Waals surface area contributed by atoms with Gasteiger partial charge in [0.1, 0.15) is 5.75 Å². The number of rotatable bonds is 5. The Morgan fingerprint density at radius 3 is 2.20 bits per heavy atom. The SMILES string of the molecule is Cc1cccc(C)c1OCC(=O)NNC(=O)CC(C)C. The second-order valence-electron chi connectivity index (χ2n) is 5.20. The molecule has 0 bridgehead atoms. The molecule has 2 amide bonds. The van der Waals surface area contributed by atoms with Gasteiger partial charge in [-0.15, -0.1) is 0 Å². The third-order valence-electron chi connectivity index (χ3n) is 2.69. The predicted octanol–water partition coefficient (Wildman–Crippen LogP) is 1.88. The lowest BCUT2D eigenvalue weighted by atomic mass is 10.1. The zero-order valence-electron chi connectivity index (χ0n) is 12.4. The second-order valence-corrected chi connectivity index (χ2v) is 5.20. The van der Waals surface area contributed by atoms with Crippen molar-refractivity contribution < 1.29 is 14.3 Å². The lowest BCUT2D eigenvalue weighted by molar-refractivity contribution is -0.130. The molecule has 1 rings (SSSR count). The van der Waals surface area contributed by atoms with Crippen molar-refractivity contribution in [2.45, 2.75) is 34.1 Å². The number of para-hydroxylation sites is 1. The quantitative estimate of drug-likeness (QED) is 0.808. The van der Waals surface area contributed by atoms with E-state index in [1.54, 1.807) is 0 Å². The Morgan fingerprint density at radius 2 is 1.65 bits per heavy atom. The normalized spacial score (nSPS) is 10.2. The molecule has 110 valence electrons. The van der Waals surface area contributed by atoms with Crippen molar-refractivity contribution in [3.05, 3.63) is 29.3 Å². The number of hydrogen-bond acceptors (Lipinski definition) is 3. The van der Waals surface area contributed by atoms with Gasteiger partial charge < -0.3 is 4.74 Å². The fraction of sp³-hybridized carbons (Fsp3) is 0.467. The average molecular weight is 278 g/mol. The number of ether oxygens (including phenoxy) is 1. The molecule has 0 spiro atoms. The van der Waals surface area contributed by atoms with Gasteiger partial charge in [-0.05, 0) is 30.9 Å². The summed E-state index contributed by atoms with van der Waals surface area (Å²) < 4.78 is 5.48. The molecule has 5 heteroatoms. The smallest absolute Gasteiger partial charge is 0.276 e. The van der Waals surface area contributed by atoms with Gasteiger partial charge in [0, 0.05) is 6.42 Å². The zero-order chi connectivity index (χ0) is 15.1. The summed E-state index contributed by atoms with van der Waals surface area (Å²) in [6.07, 6.45) is 0.373. The topological polar surface area (TPSA) is 67.4 Å². The monoisotopic (exact) mass is 278 g/mol. The molecular weight excluding hydrogens is 256 g/mol. The number of nitrogens with one attached hydrogen (secondary N) is 2. The molecule has 0 saturated carbocycles. The van der Waals surface area contributed by atoms with E-state index in [9.17, 15) is 9.59 Å². The minimum absolute atomic E-state index is 0.131. The number of benzene rings is 1. The standard InChI is InChI=1S/C15H22N2O3/c1-10(2)8-13(18)16-17-14(19)9-20-15-11(3)6-5-7-12(15)4/h5-7,10H,8-9H2,1-4H3,(H,16,18)(H,17,19). The van der Waals surface area contributed by atoms with Crippen molar-refractivity contribution >= 4 is 11.8 Å². The molecular formula is C15H22N2O3. The van der Waals surface area contributed by atoms with Gasteiger partial charge in [-0.2, -0.15) is 0 Å². The first-order valence-corrected chi connectivity index (χ1v) is 6.67. The average Bonchev–Trinajstić information content (AvgIpc) is 2.35. The molecule has 1 aromatic carbocycles. The minimum atomic E-state index is -0.384. The van der Waals surface area contributed by atoms with Gasteiger partial charge >= 0.3 is 0 Å². The molecule has 0 radical (unpaired) electrons. The van der Waals surface area contributed by atoms with Gasteiger partial charge in [-0.1, -0.05) is 32.0 Å². The highest BCUT2D eigenvalue weighted by Crippen LogP contribution is 2.21. The van der Waals surface area contributed by atoms with Crippen molar-refractivity contribution in [1.29, 1.82) is 0 Å². The fourth-order valence-electron chi connectivity index (χ4n) is 1.76. The molecule has 0 saturated heterocycles. The van der Waals surface area contributed by atoms with E-state index in [-0.39, 0.29) is 24.3 Å². The number of carbonyl (C=O) groups is 2. The molecule has 0 aliphatic carbocycles. The van der Waals surface area contributed by atoms with Crippen molar-refractivity contribution in [3.63, 3.8) is 0 Å². The number of aryl methyl sites for hydroxylation is 2. The summed E-state index contributed by atoms with van der Waals surface area (Å²) in [4.78, 5) is 23.0. The van der Waals surface area contributed by atoms with Crippen molar-refractivity contribution in [3.8, 4) is 5.75 Å². The van der Waals surface area contributed by atoms with Crippen molar-refractivity contribution in [2.75, 3.05) is 6.61 Å². The highest BCUT2D eigenvalue weighted by molar-refractivity contribution is 5.82. The van der Waals surface area contributed by atoms with Crippen LogP contribution in [0.3, 0.4) is 0 Å². The summed E-state index contributed by atoms with van der Waals surface area (Å²) in [6.45, 7) is 7.58. The van der Waals surface area contributed by atoms with Gasteiger partial charge in [0.05, 0.1) is 0 Å². The van der Waals surface area contributed by atoms with Crippen LogP contribution in [0.15, 0.2) is 18.2 Å². The van der Waals surface area contributed by atoms with Crippen LogP contribution in [0.2, 0.25) is 0 Å². The molecule has 0 aliphatic heterocycles. The van der Waals surface area contributed by atoms with Crippen LogP contribution in [-0.2, 0) is 9.59 Å². The van der Waals surface area contributed by atoms with Gasteiger partial charge in [0.2, 0.25) is 5.91 Å². The Labute approximate surface area is 119 Å². The van der Waals surface area contributed by atoms with E-state index in [2.05, 4.69) is 10.9 Å². The fourth-order valence-corrected chi connectivity index (χ4v) is 1.76. The van der Waals surface area contributed by atoms with Crippen LogP contribution >= 0.6 is 0 Å². The lowest BCUT2D eigenvalue weighted by Gasteiger charge is -2.12. The number of amides is 2. The molecule has 0 fully saturated rings. The maximum absolute atomic E-state index is 11.6. The summed E-state index contributed by atoms with van der Waals surface area (Å²) in [5.41, 5.74) is 6.64. The molecule has 2 N–H and O–H groups in total. The molecule has 0 aliphatic rings. The van der Waals surface area contributed by atoms with Gasteiger partial charge in [-0.25, -0.2) is 0 Å². The maximum atomic E-state index is 11.6. The van der Waals surface area contributed by atoms with E-state index in [1.165, 1.54) is 0 Å². The lowest BCUT2D eigenvalue weighted by Crippen LogP contribution is -2.44. The van der Waals surface area contributed by atoms with Crippen LogP contribution in [0, 0.1) is 19.8 Å². The number of hydrazine groups is 1. The summed E-state index contributed by atoms with van der Waals surface area (Å²) in [7, 11) is 0. The summed E-state index contributed by atoms with van der Waals surface area (Å²) in [6, 6.07) is 5.78. The maximum Gasteiger partial charge on any atom is 0.276 e. The second kappa shape index (κ2) is 7.53. The van der Waals surface area contributed by atoms with Gasteiger partial charge in [0.25, 0.3) is 5.91 Å². The first-order valence-electron chi connectivity index (χ1n) is 6.67. The minimum Gasteiger partial charge on any atom is -0.483 e. The molecule has 5 nitrogen and oxygen atoms in total.